The highest BCUT2D eigenvalue weighted by atomic mass is 33.1. The van der Waals surface area contributed by atoms with Crippen LogP contribution in [0.1, 0.15) is 58.0 Å². The average Bonchev–Trinajstić information content (AvgIpc) is 3.65. The van der Waals surface area contributed by atoms with E-state index >= 15 is 0 Å². The van der Waals surface area contributed by atoms with Crippen LogP contribution in [0.4, 0.5) is 0 Å². The van der Waals surface area contributed by atoms with Crippen molar-refractivity contribution in [2.75, 3.05) is 24.6 Å². The number of nitrogens with one attached hydrogen (secondary N) is 2. The van der Waals surface area contributed by atoms with Gasteiger partial charge in [0.15, 0.2) is 0 Å². The fourth-order valence-electron chi connectivity index (χ4n) is 4.34. The van der Waals surface area contributed by atoms with Crippen LogP contribution >= 0.6 is 21.6 Å². The van der Waals surface area contributed by atoms with Crippen molar-refractivity contribution in [1.29, 1.82) is 0 Å². The second-order valence-electron chi connectivity index (χ2n) is 8.93. The van der Waals surface area contributed by atoms with Crippen molar-refractivity contribution in [3.05, 3.63) is 120 Å². The summed E-state index contributed by atoms with van der Waals surface area (Å²) < 4.78 is 4.01. The first-order valence-corrected chi connectivity index (χ1v) is 15.3. The Morgan fingerprint density at radius 2 is 1.03 bits per heavy atom. The lowest BCUT2D eigenvalue weighted by molar-refractivity contribution is 0.0938. The third-order valence-corrected chi connectivity index (χ3v) is 8.86. The van der Waals surface area contributed by atoms with Crippen LogP contribution in [0.15, 0.2) is 97.3 Å². The van der Waals surface area contributed by atoms with E-state index in [2.05, 4.69) is 48.7 Å². The molecule has 0 aliphatic heterocycles. The van der Waals surface area contributed by atoms with Gasteiger partial charge in [0, 0.05) is 37.0 Å². The SMILES string of the molecule is C[C@@H](c1ccccc1)n1cccc1C(=O)NCCSSCCNC(=O)c1cccn1[C@@H](C)c1ccccc1. The van der Waals surface area contributed by atoms with Gasteiger partial charge in [-0.1, -0.05) is 82.3 Å². The van der Waals surface area contributed by atoms with Crippen molar-refractivity contribution in [3.63, 3.8) is 0 Å². The molecule has 0 saturated carbocycles. The first-order chi connectivity index (χ1) is 18.6. The lowest BCUT2D eigenvalue weighted by atomic mass is 10.1. The molecule has 2 N–H and O–H groups in total. The highest BCUT2D eigenvalue weighted by Gasteiger charge is 2.17. The predicted octanol–water partition coefficient (Wildman–Crippen LogP) is 6.05. The summed E-state index contributed by atoms with van der Waals surface area (Å²) in [7, 11) is 3.39. The van der Waals surface area contributed by atoms with Gasteiger partial charge in [-0.05, 0) is 49.2 Å². The fourth-order valence-corrected chi connectivity index (χ4v) is 6.16. The highest BCUT2D eigenvalue weighted by Crippen LogP contribution is 2.22. The van der Waals surface area contributed by atoms with Crippen LogP contribution in [0, 0.1) is 0 Å². The topological polar surface area (TPSA) is 68.1 Å². The van der Waals surface area contributed by atoms with Crippen LogP contribution in [-0.4, -0.2) is 45.5 Å². The van der Waals surface area contributed by atoms with E-state index < -0.39 is 0 Å². The maximum Gasteiger partial charge on any atom is 0.267 e. The number of amides is 2. The number of carbonyl (C=O) groups is 2. The van der Waals surface area contributed by atoms with Crippen LogP contribution in [-0.2, 0) is 0 Å². The number of hydrogen-bond donors (Lipinski definition) is 2. The van der Waals surface area contributed by atoms with Gasteiger partial charge in [0.05, 0.1) is 12.1 Å². The van der Waals surface area contributed by atoms with Crippen molar-refractivity contribution >= 4 is 33.4 Å². The average molecular weight is 547 g/mol. The van der Waals surface area contributed by atoms with Gasteiger partial charge in [-0.25, -0.2) is 0 Å². The van der Waals surface area contributed by atoms with Crippen molar-refractivity contribution in [1.82, 2.24) is 19.8 Å². The third-order valence-electron chi connectivity index (χ3n) is 6.45. The minimum absolute atomic E-state index is 0.0663. The lowest BCUT2D eigenvalue weighted by Gasteiger charge is -2.18. The maximum atomic E-state index is 12.8. The Kier molecular flexibility index (Phi) is 10.2. The normalized spacial score (nSPS) is 12.6. The molecular formula is C30H34N4O2S2. The van der Waals surface area contributed by atoms with Gasteiger partial charge in [-0.2, -0.15) is 0 Å². The van der Waals surface area contributed by atoms with E-state index in [0.29, 0.717) is 24.5 Å². The second-order valence-corrected chi connectivity index (χ2v) is 11.6. The molecule has 38 heavy (non-hydrogen) atoms. The molecule has 2 atom stereocenters. The summed E-state index contributed by atoms with van der Waals surface area (Å²) in [5, 5.41) is 6.05. The van der Waals surface area contributed by atoms with Crippen LogP contribution in [0.25, 0.3) is 0 Å². The molecule has 6 nitrogen and oxygen atoms in total. The van der Waals surface area contributed by atoms with Crippen LogP contribution in [0.5, 0.6) is 0 Å². The number of hydrogen-bond acceptors (Lipinski definition) is 4. The molecule has 2 aromatic carbocycles. The molecule has 2 heterocycles. The third kappa shape index (κ3) is 7.14. The molecule has 0 unspecified atom stereocenters. The minimum Gasteiger partial charge on any atom is -0.350 e. The summed E-state index contributed by atoms with van der Waals surface area (Å²) in [5.41, 5.74) is 3.65. The lowest BCUT2D eigenvalue weighted by Crippen LogP contribution is -2.29. The summed E-state index contributed by atoms with van der Waals surface area (Å²) in [6.45, 7) is 5.36. The van der Waals surface area contributed by atoms with Gasteiger partial charge in [0.25, 0.3) is 11.8 Å². The van der Waals surface area contributed by atoms with Crippen LogP contribution < -0.4 is 10.6 Å². The largest absolute Gasteiger partial charge is 0.350 e. The number of benzene rings is 2. The monoisotopic (exact) mass is 546 g/mol. The maximum absolute atomic E-state index is 12.8. The molecule has 0 radical (unpaired) electrons. The highest BCUT2D eigenvalue weighted by molar-refractivity contribution is 8.76. The molecule has 0 fully saturated rings. The number of nitrogens with zero attached hydrogens (tertiary/aromatic N) is 2. The summed E-state index contributed by atoms with van der Waals surface area (Å²) in [4.78, 5) is 25.5. The van der Waals surface area contributed by atoms with E-state index in [-0.39, 0.29) is 23.9 Å². The van der Waals surface area contributed by atoms with Crippen LogP contribution in [0.2, 0.25) is 0 Å². The Morgan fingerprint density at radius 1 is 0.632 bits per heavy atom. The first kappa shape index (κ1) is 27.7. The van der Waals surface area contributed by atoms with Gasteiger partial charge in [-0.15, -0.1) is 0 Å². The molecule has 0 aliphatic carbocycles. The standard InChI is InChI=1S/C30H34N4O2S2/c1-23(25-11-5-3-6-12-25)33-19-9-15-27(33)29(35)31-17-21-37-38-22-18-32-30(36)28-16-10-20-34(28)24(2)26-13-7-4-8-14-26/h3-16,19-20,23-24H,17-18,21-22H2,1-2H3,(H,31,35)(H,32,36)/t23-,24-/m0/s1. The second kappa shape index (κ2) is 14.0. The molecule has 2 aromatic heterocycles. The van der Waals surface area contributed by atoms with Gasteiger partial charge in [-0.3, -0.25) is 9.59 Å². The van der Waals surface area contributed by atoms with E-state index in [4.69, 9.17) is 0 Å². The van der Waals surface area contributed by atoms with E-state index in [0.717, 1.165) is 22.6 Å². The Balaban J connectivity index is 1.14. The molecule has 0 spiro atoms. The Bertz CT molecular complexity index is 1200. The number of carbonyl (C=O) groups excluding carboxylic acids is 2. The van der Waals surface area contributed by atoms with Gasteiger partial charge < -0.3 is 19.8 Å². The van der Waals surface area contributed by atoms with E-state index in [1.54, 1.807) is 21.6 Å². The van der Waals surface area contributed by atoms with Crippen molar-refractivity contribution in [3.8, 4) is 0 Å². The fraction of sp³-hybridized carbons (Fsp3) is 0.267. The molecule has 2 amide bonds. The molecule has 0 bridgehead atoms. The van der Waals surface area contributed by atoms with Crippen LogP contribution in [0.3, 0.4) is 0 Å². The smallest absolute Gasteiger partial charge is 0.267 e. The first-order valence-electron chi connectivity index (χ1n) is 12.8. The van der Waals surface area contributed by atoms with Gasteiger partial charge in [0.2, 0.25) is 0 Å². The number of rotatable bonds is 13. The summed E-state index contributed by atoms with van der Waals surface area (Å²) in [5.74, 6) is 1.44. The van der Waals surface area contributed by atoms with Gasteiger partial charge >= 0.3 is 0 Å². The van der Waals surface area contributed by atoms with Gasteiger partial charge in [0.1, 0.15) is 11.4 Å². The summed E-state index contributed by atoms with van der Waals surface area (Å²) in [6.07, 6.45) is 3.90. The zero-order valence-electron chi connectivity index (χ0n) is 21.7. The zero-order chi connectivity index (χ0) is 26.7. The molecule has 4 rings (SSSR count). The van der Waals surface area contributed by atoms with E-state index in [9.17, 15) is 9.59 Å². The van der Waals surface area contributed by atoms with Crippen molar-refractivity contribution in [2.24, 2.45) is 0 Å². The van der Waals surface area contributed by atoms with E-state index in [1.807, 2.05) is 82.2 Å². The molecule has 0 saturated heterocycles. The minimum atomic E-state index is -0.0663. The molecule has 198 valence electrons. The zero-order valence-corrected chi connectivity index (χ0v) is 23.4. The Morgan fingerprint density at radius 3 is 1.42 bits per heavy atom. The van der Waals surface area contributed by atoms with Crippen molar-refractivity contribution < 1.29 is 9.59 Å². The Labute approximate surface area is 232 Å². The summed E-state index contributed by atoms with van der Waals surface area (Å²) >= 11 is 0. The molecule has 8 heteroatoms. The number of aromatic nitrogens is 2. The Hall–Kier alpha value is -3.36. The van der Waals surface area contributed by atoms with E-state index in [1.165, 1.54) is 0 Å². The quantitative estimate of drug-likeness (QED) is 0.158. The molecular weight excluding hydrogens is 512 g/mol. The summed E-state index contributed by atoms with van der Waals surface area (Å²) in [6, 6.07) is 28.0. The van der Waals surface area contributed by atoms with Crippen molar-refractivity contribution in [2.45, 2.75) is 25.9 Å². The predicted molar refractivity (Wildman–Crippen MR) is 159 cm³/mol. The molecule has 0 aliphatic rings. The molecule has 4 aromatic rings.